The lowest BCUT2D eigenvalue weighted by atomic mass is 10.2. The van der Waals surface area contributed by atoms with E-state index in [0.717, 1.165) is 30.8 Å². The second-order valence-corrected chi connectivity index (χ2v) is 4.30. The third-order valence-corrected chi connectivity index (χ3v) is 3.08. The zero-order valence-corrected chi connectivity index (χ0v) is 8.59. The SMILES string of the molecule is O=Cc1ccc(OCC2CCCO2)s1. The van der Waals surface area contributed by atoms with E-state index in [2.05, 4.69) is 0 Å². The van der Waals surface area contributed by atoms with Crippen molar-refractivity contribution in [1.82, 2.24) is 0 Å². The summed E-state index contributed by atoms with van der Waals surface area (Å²) < 4.78 is 10.9. The van der Waals surface area contributed by atoms with E-state index in [4.69, 9.17) is 9.47 Å². The number of carbonyl (C=O) groups excluding carboxylic acids is 1. The van der Waals surface area contributed by atoms with E-state index in [1.807, 2.05) is 6.07 Å². The lowest BCUT2D eigenvalue weighted by Gasteiger charge is -2.09. The van der Waals surface area contributed by atoms with Crippen LogP contribution >= 0.6 is 11.3 Å². The van der Waals surface area contributed by atoms with Gasteiger partial charge in [0.2, 0.25) is 0 Å². The molecular formula is C10H12O3S. The zero-order valence-electron chi connectivity index (χ0n) is 7.77. The first kappa shape index (κ1) is 9.68. The predicted octanol–water partition coefficient (Wildman–Crippen LogP) is 2.12. The Balaban J connectivity index is 1.81. The van der Waals surface area contributed by atoms with Gasteiger partial charge in [-0.3, -0.25) is 4.79 Å². The molecule has 0 radical (unpaired) electrons. The summed E-state index contributed by atoms with van der Waals surface area (Å²) in [5.41, 5.74) is 0. The molecule has 0 saturated carbocycles. The van der Waals surface area contributed by atoms with Crippen LogP contribution in [0.3, 0.4) is 0 Å². The monoisotopic (exact) mass is 212 g/mol. The molecule has 1 atom stereocenters. The molecule has 0 bridgehead atoms. The third-order valence-electron chi connectivity index (χ3n) is 2.15. The molecule has 1 unspecified atom stereocenters. The van der Waals surface area contributed by atoms with Crippen LogP contribution in [0.1, 0.15) is 22.5 Å². The summed E-state index contributed by atoms with van der Waals surface area (Å²) in [6.45, 7) is 1.44. The fraction of sp³-hybridized carbons (Fsp3) is 0.500. The van der Waals surface area contributed by atoms with Crippen LogP contribution in [0, 0.1) is 0 Å². The maximum Gasteiger partial charge on any atom is 0.174 e. The van der Waals surface area contributed by atoms with E-state index in [0.29, 0.717) is 11.5 Å². The Morgan fingerprint density at radius 2 is 2.57 bits per heavy atom. The normalized spacial score (nSPS) is 21.0. The molecule has 4 heteroatoms. The van der Waals surface area contributed by atoms with Crippen molar-refractivity contribution in [2.45, 2.75) is 18.9 Å². The topological polar surface area (TPSA) is 35.5 Å². The van der Waals surface area contributed by atoms with Gasteiger partial charge in [-0.2, -0.15) is 0 Å². The molecule has 0 amide bonds. The van der Waals surface area contributed by atoms with E-state index in [1.54, 1.807) is 6.07 Å². The highest BCUT2D eigenvalue weighted by Gasteiger charge is 2.16. The van der Waals surface area contributed by atoms with E-state index >= 15 is 0 Å². The molecule has 3 nitrogen and oxygen atoms in total. The number of thiophene rings is 1. The van der Waals surface area contributed by atoms with Gasteiger partial charge in [-0.25, -0.2) is 0 Å². The first-order valence-corrected chi connectivity index (χ1v) is 5.49. The maximum atomic E-state index is 10.4. The number of hydrogen-bond acceptors (Lipinski definition) is 4. The van der Waals surface area contributed by atoms with E-state index in [1.165, 1.54) is 11.3 Å². The first-order valence-electron chi connectivity index (χ1n) is 4.68. The minimum atomic E-state index is 0.233. The van der Waals surface area contributed by atoms with Gasteiger partial charge in [0.15, 0.2) is 11.3 Å². The fourth-order valence-corrected chi connectivity index (χ4v) is 2.11. The molecule has 0 N–H and O–H groups in total. The number of aldehydes is 1. The van der Waals surface area contributed by atoms with Crippen LogP contribution < -0.4 is 4.74 Å². The van der Waals surface area contributed by atoms with Gasteiger partial charge in [0.1, 0.15) is 6.61 Å². The van der Waals surface area contributed by atoms with E-state index in [-0.39, 0.29) is 6.10 Å². The summed E-state index contributed by atoms with van der Waals surface area (Å²) in [5.74, 6) is 0. The average molecular weight is 212 g/mol. The molecule has 76 valence electrons. The molecule has 1 fully saturated rings. The highest BCUT2D eigenvalue weighted by atomic mass is 32.1. The standard InChI is InChI=1S/C10H12O3S/c11-6-9-3-4-10(14-9)13-7-8-2-1-5-12-8/h3-4,6,8H,1-2,5,7H2. The summed E-state index contributed by atoms with van der Waals surface area (Å²) in [7, 11) is 0. The van der Waals surface area contributed by atoms with Crippen molar-refractivity contribution in [2.75, 3.05) is 13.2 Å². The molecule has 1 aliphatic rings. The number of rotatable bonds is 4. The highest BCUT2D eigenvalue weighted by Crippen LogP contribution is 2.24. The van der Waals surface area contributed by atoms with Crippen LogP contribution in [0.4, 0.5) is 0 Å². The van der Waals surface area contributed by atoms with Gasteiger partial charge >= 0.3 is 0 Å². The van der Waals surface area contributed by atoms with Crippen LogP contribution in [-0.4, -0.2) is 25.6 Å². The molecule has 0 aromatic carbocycles. The van der Waals surface area contributed by atoms with Gasteiger partial charge in [-0.15, -0.1) is 0 Å². The predicted molar refractivity (Wildman–Crippen MR) is 54.2 cm³/mol. The lowest BCUT2D eigenvalue weighted by molar-refractivity contribution is 0.0693. The van der Waals surface area contributed by atoms with Crippen molar-refractivity contribution in [2.24, 2.45) is 0 Å². The average Bonchev–Trinajstić information content (AvgIpc) is 2.86. The van der Waals surface area contributed by atoms with Crippen molar-refractivity contribution >= 4 is 17.6 Å². The van der Waals surface area contributed by atoms with Gasteiger partial charge < -0.3 is 9.47 Å². The molecule has 14 heavy (non-hydrogen) atoms. The molecule has 2 rings (SSSR count). The van der Waals surface area contributed by atoms with Crippen LogP contribution in [0.2, 0.25) is 0 Å². The molecule has 0 aliphatic carbocycles. The smallest absolute Gasteiger partial charge is 0.174 e. The molecule has 2 heterocycles. The lowest BCUT2D eigenvalue weighted by Crippen LogP contribution is -2.15. The van der Waals surface area contributed by atoms with Gasteiger partial charge in [-0.05, 0) is 25.0 Å². The Labute approximate surface area is 86.6 Å². The van der Waals surface area contributed by atoms with Gasteiger partial charge in [0, 0.05) is 6.61 Å². The van der Waals surface area contributed by atoms with Crippen molar-refractivity contribution in [3.63, 3.8) is 0 Å². The molecular weight excluding hydrogens is 200 g/mol. The molecule has 1 saturated heterocycles. The van der Waals surface area contributed by atoms with Crippen molar-refractivity contribution < 1.29 is 14.3 Å². The summed E-state index contributed by atoms with van der Waals surface area (Å²) >= 11 is 1.37. The molecule has 1 aliphatic heterocycles. The van der Waals surface area contributed by atoms with Gasteiger partial charge in [0.05, 0.1) is 11.0 Å². The zero-order chi connectivity index (χ0) is 9.80. The van der Waals surface area contributed by atoms with Crippen molar-refractivity contribution in [1.29, 1.82) is 0 Å². The second kappa shape index (κ2) is 4.57. The Kier molecular flexibility index (Phi) is 3.16. The molecule has 0 spiro atoms. The van der Waals surface area contributed by atoms with E-state index in [9.17, 15) is 4.79 Å². The number of ether oxygens (including phenoxy) is 2. The van der Waals surface area contributed by atoms with Gasteiger partial charge in [0.25, 0.3) is 0 Å². The summed E-state index contributed by atoms with van der Waals surface area (Å²) in [4.78, 5) is 11.1. The van der Waals surface area contributed by atoms with E-state index < -0.39 is 0 Å². The maximum absolute atomic E-state index is 10.4. The summed E-state index contributed by atoms with van der Waals surface area (Å²) in [6.07, 6.45) is 3.27. The largest absolute Gasteiger partial charge is 0.481 e. The van der Waals surface area contributed by atoms with Crippen molar-refractivity contribution in [3.05, 3.63) is 17.0 Å². The van der Waals surface area contributed by atoms with Crippen LogP contribution in [-0.2, 0) is 4.74 Å². The first-order chi connectivity index (χ1) is 6.88. The quantitative estimate of drug-likeness (QED) is 0.717. The summed E-state index contributed by atoms with van der Waals surface area (Å²) in [5, 5.41) is 0.794. The molecule has 1 aromatic heterocycles. The number of carbonyl (C=O) groups is 1. The fourth-order valence-electron chi connectivity index (χ4n) is 1.43. The van der Waals surface area contributed by atoms with Crippen LogP contribution in [0.25, 0.3) is 0 Å². The van der Waals surface area contributed by atoms with Gasteiger partial charge in [-0.1, -0.05) is 11.3 Å². The van der Waals surface area contributed by atoms with Crippen molar-refractivity contribution in [3.8, 4) is 5.06 Å². The Morgan fingerprint density at radius 1 is 1.64 bits per heavy atom. The summed E-state index contributed by atoms with van der Waals surface area (Å²) in [6, 6.07) is 3.59. The number of hydrogen-bond donors (Lipinski definition) is 0. The van der Waals surface area contributed by atoms with Crippen LogP contribution in [0.5, 0.6) is 5.06 Å². The molecule has 1 aromatic rings. The Hall–Kier alpha value is -0.870. The second-order valence-electron chi connectivity index (χ2n) is 3.22. The minimum Gasteiger partial charge on any atom is -0.481 e. The Morgan fingerprint density at radius 3 is 3.21 bits per heavy atom. The highest BCUT2D eigenvalue weighted by molar-refractivity contribution is 7.15. The van der Waals surface area contributed by atoms with Crippen LogP contribution in [0.15, 0.2) is 12.1 Å². The Bertz CT molecular complexity index is 302. The minimum absolute atomic E-state index is 0.233. The third kappa shape index (κ3) is 2.33.